The van der Waals surface area contributed by atoms with Crippen LogP contribution < -0.4 is 0 Å². The van der Waals surface area contributed by atoms with Gasteiger partial charge in [0.25, 0.3) is 0 Å². The third-order valence-corrected chi connectivity index (χ3v) is 19.6. The van der Waals surface area contributed by atoms with Crippen molar-refractivity contribution in [1.29, 1.82) is 0 Å². The van der Waals surface area contributed by atoms with Gasteiger partial charge in [-0.05, 0) is 71.5 Å². The summed E-state index contributed by atoms with van der Waals surface area (Å²) < 4.78 is 25.9. The van der Waals surface area contributed by atoms with Crippen molar-refractivity contribution in [1.82, 2.24) is 0 Å². The summed E-state index contributed by atoms with van der Waals surface area (Å²) in [7, 11) is -9.31. The van der Waals surface area contributed by atoms with E-state index in [9.17, 15) is 0 Å². The highest BCUT2D eigenvalue weighted by atomic mass is 28.5. The van der Waals surface area contributed by atoms with Gasteiger partial charge in [0.1, 0.15) is 0 Å². The second-order valence-electron chi connectivity index (χ2n) is 9.74. The van der Waals surface area contributed by atoms with E-state index in [2.05, 4.69) is 72.4 Å². The minimum absolute atomic E-state index is 1.07. The molecule has 0 fully saturated rings. The lowest BCUT2D eigenvalue weighted by Crippen LogP contribution is -2.53. The Morgan fingerprint density at radius 2 is 1.00 bits per heavy atom. The first kappa shape index (κ1) is 25.9. The SMILES string of the molecule is CCCCCC[SiH](O[Si](C)(C)O[Si](C)(C)C)O[Si](C)(C)O[Si](C)(C)C. The molecule has 0 aliphatic carbocycles. The van der Waals surface area contributed by atoms with Crippen molar-refractivity contribution in [2.24, 2.45) is 0 Å². The van der Waals surface area contributed by atoms with Crippen molar-refractivity contribution < 1.29 is 16.5 Å². The van der Waals surface area contributed by atoms with E-state index in [-0.39, 0.29) is 0 Å². The average Bonchev–Trinajstić information content (AvgIpc) is 2.26. The van der Waals surface area contributed by atoms with Gasteiger partial charge in [-0.25, -0.2) is 0 Å². The Bertz CT molecular complexity index is 348. The standard InChI is InChI=1S/C16H44O4Si5/c1-12-13-14-15-16-21(17-24(8,9)19-22(2,3)4)18-25(10,11)20-23(5,6)7/h21H,12-16H2,1-11H3. The van der Waals surface area contributed by atoms with Gasteiger partial charge in [0.15, 0.2) is 16.6 Å². The van der Waals surface area contributed by atoms with Crippen LogP contribution in [-0.2, 0) is 16.5 Å². The first-order chi connectivity index (χ1) is 11.1. The number of unbranched alkanes of at least 4 members (excludes halogenated alkanes) is 3. The Balaban J connectivity index is 4.96. The van der Waals surface area contributed by atoms with Gasteiger partial charge in [-0.1, -0.05) is 32.6 Å². The van der Waals surface area contributed by atoms with Crippen LogP contribution in [0.1, 0.15) is 32.6 Å². The molecule has 0 spiro atoms. The van der Waals surface area contributed by atoms with Crippen LogP contribution in [0.25, 0.3) is 0 Å². The zero-order chi connectivity index (χ0) is 19.9. The summed E-state index contributed by atoms with van der Waals surface area (Å²) in [5.41, 5.74) is 0. The van der Waals surface area contributed by atoms with Crippen LogP contribution in [0.4, 0.5) is 0 Å². The molecule has 0 amide bonds. The van der Waals surface area contributed by atoms with E-state index in [0.717, 1.165) is 6.04 Å². The van der Waals surface area contributed by atoms with E-state index < -0.39 is 43.0 Å². The van der Waals surface area contributed by atoms with Gasteiger partial charge in [-0.15, -0.1) is 0 Å². The minimum Gasteiger partial charge on any atom is -0.437 e. The molecule has 152 valence electrons. The van der Waals surface area contributed by atoms with E-state index in [4.69, 9.17) is 16.5 Å². The van der Waals surface area contributed by atoms with Gasteiger partial charge >= 0.3 is 26.4 Å². The van der Waals surface area contributed by atoms with Crippen molar-refractivity contribution in [2.45, 2.75) is 104 Å². The second kappa shape index (κ2) is 10.5. The van der Waals surface area contributed by atoms with Gasteiger partial charge in [0.2, 0.25) is 0 Å². The Labute approximate surface area is 163 Å². The van der Waals surface area contributed by atoms with Crippen molar-refractivity contribution in [3.63, 3.8) is 0 Å². The fourth-order valence-corrected chi connectivity index (χ4v) is 23.3. The zero-order valence-corrected chi connectivity index (χ0v) is 23.9. The maximum Gasteiger partial charge on any atom is 0.312 e. The fraction of sp³-hybridized carbons (Fsp3) is 1.00. The number of rotatable bonds is 13. The topological polar surface area (TPSA) is 36.9 Å². The summed E-state index contributed by atoms with van der Waals surface area (Å²) in [6, 6.07) is 1.07. The molecule has 0 aliphatic rings. The molecule has 0 N–H and O–H groups in total. The molecule has 0 saturated carbocycles. The van der Waals surface area contributed by atoms with Crippen molar-refractivity contribution in [3.8, 4) is 0 Å². The average molecular weight is 441 g/mol. The van der Waals surface area contributed by atoms with Crippen LogP contribution >= 0.6 is 0 Å². The van der Waals surface area contributed by atoms with Gasteiger partial charge in [-0.2, -0.15) is 0 Å². The normalized spacial score (nSPS) is 14.4. The summed E-state index contributed by atoms with van der Waals surface area (Å²) in [4.78, 5) is 0. The van der Waals surface area contributed by atoms with Crippen LogP contribution in [0.15, 0.2) is 0 Å². The molecule has 4 nitrogen and oxygen atoms in total. The van der Waals surface area contributed by atoms with E-state index in [1.807, 2.05) is 0 Å². The third-order valence-electron chi connectivity index (χ3n) is 3.23. The van der Waals surface area contributed by atoms with Crippen molar-refractivity contribution in [3.05, 3.63) is 0 Å². The Kier molecular flexibility index (Phi) is 10.9. The second-order valence-corrected chi connectivity index (χ2v) is 28.7. The molecule has 0 radical (unpaired) electrons. The molecule has 0 heterocycles. The molecule has 0 aromatic rings. The Hall–Kier alpha value is 0.924. The molecule has 0 aromatic heterocycles. The van der Waals surface area contributed by atoms with Crippen molar-refractivity contribution in [2.75, 3.05) is 0 Å². The van der Waals surface area contributed by atoms with Gasteiger partial charge < -0.3 is 16.5 Å². The molecule has 0 unspecified atom stereocenters. The first-order valence-electron chi connectivity index (χ1n) is 9.81. The molecular formula is C16H44O4Si5. The molecule has 0 rings (SSSR count). The highest BCUT2D eigenvalue weighted by molar-refractivity contribution is 6.86. The predicted octanol–water partition coefficient (Wildman–Crippen LogP) is 5.93. The molecule has 0 bridgehead atoms. The summed E-state index contributed by atoms with van der Waals surface area (Å²) >= 11 is 0. The van der Waals surface area contributed by atoms with E-state index in [1.165, 1.54) is 25.7 Å². The maximum absolute atomic E-state index is 6.58. The van der Waals surface area contributed by atoms with Gasteiger partial charge in [-0.3, -0.25) is 0 Å². The van der Waals surface area contributed by atoms with Gasteiger partial charge in [0, 0.05) is 0 Å². The summed E-state index contributed by atoms with van der Waals surface area (Å²) in [6.07, 6.45) is 5.01. The monoisotopic (exact) mass is 440 g/mol. The summed E-state index contributed by atoms with van der Waals surface area (Å²) in [5.74, 6) is 0. The first-order valence-corrected chi connectivity index (χ1v) is 24.0. The summed E-state index contributed by atoms with van der Waals surface area (Å²) in [5, 5.41) is 0. The molecule has 0 aliphatic heterocycles. The molecule has 0 aromatic carbocycles. The molecule has 25 heavy (non-hydrogen) atoms. The molecular weight excluding hydrogens is 397 g/mol. The lowest BCUT2D eigenvalue weighted by Gasteiger charge is -2.38. The lowest BCUT2D eigenvalue weighted by atomic mass is 10.2. The quantitative estimate of drug-likeness (QED) is 0.263. The molecule has 0 atom stereocenters. The van der Waals surface area contributed by atoms with Crippen LogP contribution in [0, 0.1) is 0 Å². The third kappa shape index (κ3) is 15.7. The molecule has 9 heteroatoms. The largest absolute Gasteiger partial charge is 0.437 e. The van der Waals surface area contributed by atoms with Crippen molar-refractivity contribution >= 4 is 43.0 Å². The highest BCUT2D eigenvalue weighted by Crippen LogP contribution is 2.23. The predicted molar refractivity (Wildman–Crippen MR) is 122 cm³/mol. The maximum atomic E-state index is 6.58. The lowest BCUT2D eigenvalue weighted by molar-refractivity contribution is 0.313. The van der Waals surface area contributed by atoms with E-state index in [1.54, 1.807) is 0 Å². The van der Waals surface area contributed by atoms with Crippen LogP contribution in [0.3, 0.4) is 0 Å². The smallest absolute Gasteiger partial charge is 0.312 e. The fourth-order valence-electron chi connectivity index (χ4n) is 3.04. The van der Waals surface area contributed by atoms with Crippen LogP contribution in [0.2, 0.25) is 71.5 Å². The Morgan fingerprint density at radius 3 is 1.32 bits per heavy atom. The van der Waals surface area contributed by atoms with Crippen LogP contribution in [0.5, 0.6) is 0 Å². The van der Waals surface area contributed by atoms with Crippen LogP contribution in [-0.4, -0.2) is 43.0 Å². The number of hydrogen-bond acceptors (Lipinski definition) is 4. The molecule has 0 saturated heterocycles. The summed E-state index contributed by atoms with van der Waals surface area (Å²) in [6.45, 7) is 24.3. The van der Waals surface area contributed by atoms with E-state index >= 15 is 0 Å². The Morgan fingerprint density at radius 1 is 0.600 bits per heavy atom. The van der Waals surface area contributed by atoms with Gasteiger partial charge in [0.05, 0.1) is 0 Å². The number of hydrogen-bond donors (Lipinski definition) is 0. The minimum atomic E-state index is -2.15. The highest BCUT2D eigenvalue weighted by Gasteiger charge is 2.39. The zero-order valence-electron chi connectivity index (χ0n) is 18.7. The van der Waals surface area contributed by atoms with E-state index in [0.29, 0.717) is 0 Å².